The van der Waals surface area contributed by atoms with Crippen LogP contribution in [0.5, 0.6) is 0 Å². The Morgan fingerprint density at radius 2 is 1.83 bits per heavy atom. The van der Waals surface area contributed by atoms with Crippen molar-refractivity contribution >= 4 is 5.91 Å². The third kappa shape index (κ3) is 4.86. The SMILES string of the molecule is C[C@@H](c1ccccc1-c1ccc(F)cc1)n1cncc1C(=O)N1CCC(N2CCOCC2)[C@@H](F)C1. The van der Waals surface area contributed by atoms with Gasteiger partial charge >= 0.3 is 0 Å². The van der Waals surface area contributed by atoms with Gasteiger partial charge in [0.15, 0.2) is 0 Å². The number of carbonyl (C=O) groups excluding carboxylic acids is 1. The normalized spacial score (nSPS) is 22.2. The summed E-state index contributed by atoms with van der Waals surface area (Å²) >= 11 is 0. The smallest absolute Gasteiger partial charge is 0.272 e. The second-order valence-corrected chi connectivity index (χ2v) is 9.23. The van der Waals surface area contributed by atoms with Crippen LogP contribution in [0.15, 0.2) is 61.1 Å². The summed E-state index contributed by atoms with van der Waals surface area (Å²) in [4.78, 5) is 21.5. The van der Waals surface area contributed by atoms with Crippen molar-refractivity contribution in [1.29, 1.82) is 0 Å². The van der Waals surface area contributed by atoms with Gasteiger partial charge in [0.1, 0.15) is 17.7 Å². The zero-order chi connectivity index (χ0) is 24.4. The topological polar surface area (TPSA) is 50.6 Å². The third-order valence-corrected chi connectivity index (χ3v) is 7.18. The summed E-state index contributed by atoms with van der Waals surface area (Å²) in [6, 6.07) is 13.9. The molecule has 1 unspecified atom stereocenters. The number of morpholine rings is 1. The second kappa shape index (κ2) is 10.3. The van der Waals surface area contributed by atoms with Gasteiger partial charge in [-0.15, -0.1) is 0 Å². The van der Waals surface area contributed by atoms with E-state index < -0.39 is 6.17 Å². The fourth-order valence-corrected chi connectivity index (χ4v) is 5.24. The molecule has 35 heavy (non-hydrogen) atoms. The van der Waals surface area contributed by atoms with Crippen molar-refractivity contribution in [3.63, 3.8) is 0 Å². The number of ether oxygens (including phenoxy) is 1. The number of imidazole rings is 1. The van der Waals surface area contributed by atoms with Crippen LogP contribution in [-0.2, 0) is 4.74 Å². The van der Waals surface area contributed by atoms with Crippen LogP contribution in [0, 0.1) is 5.82 Å². The number of rotatable bonds is 5. The Hall–Kier alpha value is -3.10. The van der Waals surface area contributed by atoms with Crippen LogP contribution >= 0.6 is 0 Å². The molecule has 5 rings (SSSR count). The number of benzene rings is 2. The standard InChI is InChI=1S/C27H30F2N4O2/c1-19(22-4-2-3-5-23(22)20-6-8-21(28)9-7-20)33-18-30-16-26(33)27(34)32-11-10-25(24(29)17-32)31-12-14-35-15-13-31/h2-9,16,18-19,24-25H,10-15,17H2,1H3/t19-,24-,25?/m0/s1. The summed E-state index contributed by atoms with van der Waals surface area (Å²) in [5.74, 6) is -0.498. The molecule has 2 aromatic carbocycles. The van der Waals surface area contributed by atoms with Crippen molar-refractivity contribution in [3.05, 3.63) is 78.1 Å². The van der Waals surface area contributed by atoms with Gasteiger partial charge in [-0.1, -0.05) is 36.4 Å². The van der Waals surface area contributed by atoms with Crippen LogP contribution in [0.25, 0.3) is 11.1 Å². The van der Waals surface area contributed by atoms with Crippen molar-refractivity contribution in [2.75, 3.05) is 39.4 Å². The fraction of sp³-hybridized carbons (Fsp3) is 0.407. The maximum atomic E-state index is 15.2. The molecule has 8 heteroatoms. The van der Waals surface area contributed by atoms with Gasteiger partial charge < -0.3 is 14.2 Å². The quantitative estimate of drug-likeness (QED) is 0.550. The average molecular weight is 481 g/mol. The summed E-state index contributed by atoms with van der Waals surface area (Å²) in [6.45, 7) is 5.31. The molecule has 1 aromatic heterocycles. The van der Waals surface area contributed by atoms with Crippen molar-refractivity contribution < 1.29 is 18.3 Å². The lowest BCUT2D eigenvalue weighted by Gasteiger charge is -2.42. The highest BCUT2D eigenvalue weighted by atomic mass is 19.1. The molecule has 0 N–H and O–H groups in total. The van der Waals surface area contributed by atoms with E-state index in [1.165, 1.54) is 12.1 Å². The van der Waals surface area contributed by atoms with Crippen LogP contribution in [0.1, 0.15) is 35.4 Å². The van der Waals surface area contributed by atoms with Crippen molar-refractivity contribution in [2.45, 2.75) is 31.6 Å². The number of amides is 1. The van der Waals surface area contributed by atoms with Gasteiger partial charge in [0.25, 0.3) is 5.91 Å². The number of hydrogen-bond acceptors (Lipinski definition) is 4. The Kier molecular flexibility index (Phi) is 6.92. The van der Waals surface area contributed by atoms with Crippen LogP contribution < -0.4 is 0 Å². The van der Waals surface area contributed by atoms with Gasteiger partial charge in [0.2, 0.25) is 0 Å². The highest BCUT2D eigenvalue weighted by Gasteiger charge is 2.36. The van der Waals surface area contributed by atoms with Crippen LogP contribution in [0.3, 0.4) is 0 Å². The molecular formula is C27H30F2N4O2. The van der Waals surface area contributed by atoms with Gasteiger partial charge in [0.05, 0.1) is 38.3 Å². The summed E-state index contributed by atoms with van der Waals surface area (Å²) in [5, 5.41) is 0. The average Bonchev–Trinajstić information content (AvgIpc) is 3.39. The van der Waals surface area contributed by atoms with E-state index in [4.69, 9.17) is 4.74 Å². The van der Waals surface area contributed by atoms with Gasteiger partial charge in [-0.2, -0.15) is 0 Å². The number of hydrogen-bond donors (Lipinski definition) is 0. The zero-order valence-corrected chi connectivity index (χ0v) is 19.8. The molecule has 1 amide bonds. The lowest BCUT2D eigenvalue weighted by Crippen LogP contribution is -2.56. The minimum Gasteiger partial charge on any atom is -0.379 e. The van der Waals surface area contributed by atoms with Crippen molar-refractivity contribution in [1.82, 2.24) is 19.4 Å². The lowest BCUT2D eigenvalue weighted by atomic mass is 9.95. The summed E-state index contributed by atoms with van der Waals surface area (Å²) in [7, 11) is 0. The van der Waals surface area contributed by atoms with Crippen LogP contribution in [0.2, 0.25) is 0 Å². The third-order valence-electron chi connectivity index (χ3n) is 7.18. The molecule has 3 heterocycles. The molecule has 2 aliphatic rings. The van der Waals surface area contributed by atoms with E-state index in [1.54, 1.807) is 29.6 Å². The number of aromatic nitrogens is 2. The summed E-state index contributed by atoms with van der Waals surface area (Å²) in [6.07, 6.45) is 2.70. The first-order valence-electron chi connectivity index (χ1n) is 12.1. The minimum absolute atomic E-state index is 0.0760. The van der Waals surface area contributed by atoms with Crippen molar-refractivity contribution in [3.8, 4) is 11.1 Å². The van der Waals surface area contributed by atoms with E-state index in [-0.39, 0.29) is 30.4 Å². The van der Waals surface area contributed by atoms with Crippen molar-refractivity contribution in [2.24, 2.45) is 0 Å². The van der Waals surface area contributed by atoms with Gasteiger partial charge in [0, 0.05) is 25.7 Å². The molecule has 0 spiro atoms. The molecule has 3 aromatic rings. The van der Waals surface area contributed by atoms with E-state index in [9.17, 15) is 9.18 Å². The van der Waals surface area contributed by atoms with E-state index in [0.29, 0.717) is 31.9 Å². The van der Waals surface area contributed by atoms with E-state index >= 15 is 4.39 Å². The van der Waals surface area contributed by atoms with Crippen LogP contribution in [-0.4, -0.2) is 76.9 Å². The number of carbonyl (C=O) groups is 1. The van der Waals surface area contributed by atoms with Crippen LogP contribution in [0.4, 0.5) is 8.78 Å². The molecular weight excluding hydrogens is 450 g/mol. The van der Waals surface area contributed by atoms with E-state index in [0.717, 1.165) is 29.8 Å². The monoisotopic (exact) mass is 480 g/mol. The molecule has 0 radical (unpaired) electrons. The number of alkyl halides is 1. The molecule has 0 saturated carbocycles. The molecule has 2 aliphatic heterocycles. The van der Waals surface area contributed by atoms with Gasteiger partial charge in [-0.3, -0.25) is 9.69 Å². The number of likely N-dealkylation sites (tertiary alicyclic amines) is 1. The highest BCUT2D eigenvalue weighted by Crippen LogP contribution is 2.31. The Morgan fingerprint density at radius 1 is 1.09 bits per heavy atom. The minimum atomic E-state index is -1.10. The highest BCUT2D eigenvalue weighted by molar-refractivity contribution is 5.92. The predicted molar refractivity (Wildman–Crippen MR) is 129 cm³/mol. The molecule has 0 bridgehead atoms. The maximum Gasteiger partial charge on any atom is 0.272 e. The number of halogens is 2. The molecule has 3 atom stereocenters. The lowest BCUT2D eigenvalue weighted by molar-refractivity contribution is -0.0249. The largest absolute Gasteiger partial charge is 0.379 e. The summed E-state index contributed by atoms with van der Waals surface area (Å²) in [5.41, 5.74) is 3.28. The maximum absolute atomic E-state index is 15.2. The predicted octanol–water partition coefficient (Wildman–Crippen LogP) is 4.18. The first kappa shape index (κ1) is 23.6. The Balaban J connectivity index is 1.35. The molecule has 2 saturated heterocycles. The van der Waals surface area contributed by atoms with E-state index in [2.05, 4.69) is 9.88 Å². The molecule has 184 valence electrons. The second-order valence-electron chi connectivity index (χ2n) is 9.23. The van der Waals surface area contributed by atoms with Gasteiger partial charge in [-0.25, -0.2) is 13.8 Å². The number of piperidine rings is 1. The first-order valence-corrected chi connectivity index (χ1v) is 12.1. The number of nitrogens with zero attached hydrogens (tertiary/aromatic N) is 4. The van der Waals surface area contributed by atoms with Gasteiger partial charge in [-0.05, 0) is 42.2 Å². The molecule has 0 aliphatic carbocycles. The zero-order valence-electron chi connectivity index (χ0n) is 19.8. The van der Waals surface area contributed by atoms with E-state index in [1.807, 2.05) is 35.8 Å². The molecule has 2 fully saturated rings. The Labute approximate surface area is 204 Å². The Morgan fingerprint density at radius 3 is 2.57 bits per heavy atom. The first-order chi connectivity index (χ1) is 17.0. The molecule has 6 nitrogen and oxygen atoms in total. The fourth-order valence-electron chi connectivity index (χ4n) is 5.24. The Bertz CT molecular complexity index is 1160. The summed E-state index contributed by atoms with van der Waals surface area (Å²) < 4.78 is 35.9.